The van der Waals surface area contributed by atoms with Gasteiger partial charge in [0.2, 0.25) is 0 Å². The van der Waals surface area contributed by atoms with Gasteiger partial charge in [0.05, 0.1) is 5.69 Å². The number of aromatic nitrogens is 2. The van der Waals surface area contributed by atoms with Gasteiger partial charge in [-0.3, -0.25) is 4.68 Å². The van der Waals surface area contributed by atoms with E-state index in [0.717, 1.165) is 29.7 Å². The topological polar surface area (TPSA) is 29.9 Å². The van der Waals surface area contributed by atoms with Crippen LogP contribution in [0.15, 0.2) is 0 Å². The maximum absolute atomic E-state index is 6.35. The zero-order valence-corrected chi connectivity index (χ0v) is 11.3. The lowest BCUT2D eigenvalue weighted by Gasteiger charge is -2.30. The summed E-state index contributed by atoms with van der Waals surface area (Å²) in [5.41, 5.74) is 2.65. The molecule has 1 saturated carbocycles. The molecular weight excluding hydrogens is 234 g/mol. The second kappa shape index (κ2) is 3.99. The zero-order chi connectivity index (χ0) is 12.0. The summed E-state index contributed by atoms with van der Waals surface area (Å²) in [7, 11) is 1.92. The average molecular weight is 254 g/mol. The van der Waals surface area contributed by atoms with Crippen molar-refractivity contribution < 1.29 is 0 Å². The van der Waals surface area contributed by atoms with Gasteiger partial charge in [-0.05, 0) is 51.5 Å². The van der Waals surface area contributed by atoms with Crippen molar-refractivity contribution in [3.8, 4) is 0 Å². The maximum Gasteiger partial charge on any atom is 0.130 e. The molecule has 2 heterocycles. The predicted octanol–water partition coefficient (Wildman–Crippen LogP) is 2.46. The minimum absolute atomic E-state index is 0.317. The first-order valence-corrected chi connectivity index (χ1v) is 6.93. The summed E-state index contributed by atoms with van der Waals surface area (Å²) in [4.78, 5) is 0. The number of aryl methyl sites for hydroxylation is 2. The number of nitrogens with one attached hydrogen (secondary N) is 1. The van der Waals surface area contributed by atoms with Crippen LogP contribution in [0.2, 0.25) is 5.15 Å². The van der Waals surface area contributed by atoms with E-state index in [1.807, 2.05) is 7.05 Å². The quantitative estimate of drug-likeness (QED) is 0.897. The Morgan fingerprint density at radius 2 is 2.29 bits per heavy atom. The molecule has 1 aromatic heterocycles. The van der Waals surface area contributed by atoms with Crippen molar-refractivity contribution in [2.75, 3.05) is 6.54 Å². The van der Waals surface area contributed by atoms with E-state index in [1.165, 1.54) is 31.2 Å². The van der Waals surface area contributed by atoms with Gasteiger partial charge in [-0.2, -0.15) is 5.10 Å². The van der Waals surface area contributed by atoms with Crippen molar-refractivity contribution in [3.63, 3.8) is 0 Å². The van der Waals surface area contributed by atoms with Gasteiger partial charge in [0.15, 0.2) is 0 Å². The molecule has 0 bridgehead atoms. The molecule has 1 atom stereocenters. The third-order valence-corrected chi connectivity index (χ3v) is 4.87. The van der Waals surface area contributed by atoms with Crippen molar-refractivity contribution in [3.05, 3.63) is 16.4 Å². The molecular formula is C13H20ClN3. The molecule has 1 saturated heterocycles. The molecule has 1 unspecified atom stereocenters. The number of rotatable bonds is 3. The van der Waals surface area contributed by atoms with Crippen molar-refractivity contribution in [2.24, 2.45) is 13.0 Å². The van der Waals surface area contributed by atoms with E-state index in [4.69, 9.17) is 11.6 Å². The van der Waals surface area contributed by atoms with Crippen LogP contribution in [0.3, 0.4) is 0 Å². The first-order valence-electron chi connectivity index (χ1n) is 6.55. The van der Waals surface area contributed by atoms with Crippen LogP contribution in [0, 0.1) is 12.8 Å². The van der Waals surface area contributed by atoms with Gasteiger partial charge in [-0.25, -0.2) is 0 Å². The Balaban J connectivity index is 1.89. The molecule has 0 spiro atoms. The van der Waals surface area contributed by atoms with Crippen molar-refractivity contribution in [1.29, 1.82) is 0 Å². The van der Waals surface area contributed by atoms with E-state index >= 15 is 0 Å². The van der Waals surface area contributed by atoms with Gasteiger partial charge in [-0.15, -0.1) is 0 Å². The Morgan fingerprint density at radius 1 is 1.53 bits per heavy atom. The Bertz CT molecular complexity index is 428. The lowest BCUT2D eigenvalue weighted by atomic mass is 9.85. The summed E-state index contributed by atoms with van der Waals surface area (Å²) >= 11 is 6.35. The molecule has 2 aliphatic rings. The summed E-state index contributed by atoms with van der Waals surface area (Å²) in [5, 5.41) is 8.98. The van der Waals surface area contributed by atoms with Gasteiger partial charge in [0.25, 0.3) is 0 Å². The third kappa shape index (κ3) is 1.89. The molecule has 94 valence electrons. The predicted molar refractivity (Wildman–Crippen MR) is 69.4 cm³/mol. The van der Waals surface area contributed by atoms with Crippen LogP contribution in [0.5, 0.6) is 0 Å². The number of hydrogen-bond donors (Lipinski definition) is 1. The van der Waals surface area contributed by atoms with Gasteiger partial charge in [0, 0.05) is 18.2 Å². The minimum Gasteiger partial charge on any atom is -0.311 e. The van der Waals surface area contributed by atoms with Crippen LogP contribution in [0.25, 0.3) is 0 Å². The van der Waals surface area contributed by atoms with Crippen LogP contribution in [-0.4, -0.2) is 21.9 Å². The number of hydrogen-bond acceptors (Lipinski definition) is 2. The Morgan fingerprint density at radius 3 is 2.76 bits per heavy atom. The molecule has 0 radical (unpaired) electrons. The van der Waals surface area contributed by atoms with Gasteiger partial charge in [-0.1, -0.05) is 11.6 Å². The smallest absolute Gasteiger partial charge is 0.130 e. The molecule has 4 heteroatoms. The molecule has 3 rings (SSSR count). The summed E-state index contributed by atoms with van der Waals surface area (Å²) in [6.45, 7) is 3.23. The van der Waals surface area contributed by atoms with Gasteiger partial charge >= 0.3 is 0 Å². The first-order chi connectivity index (χ1) is 8.12. The highest BCUT2D eigenvalue weighted by Crippen LogP contribution is 2.46. The lowest BCUT2D eigenvalue weighted by Crippen LogP contribution is -2.44. The van der Waals surface area contributed by atoms with E-state index in [9.17, 15) is 0 Å². The molecule has 2 fully saturated rings. The lowest BCUT2D eigenvalue weighted by molar-refractivity contribution is 0.323. The van der Waals surface area contributed by atoms with Crippen LogP contribution >= 0.6 is 11.6 Å². The fraction of sp³-hybridized carbons (Fsp3) is 0.769. The van der Waals surface area contributed by atoms with E-state index in [1.54, 1.807) is 4.68 Å². The molecule has 3 nitrogen and oxygen atoms in total. The van der Waals surface area contributed by atoms with Crippen LogP contribution < -0.4 is 5.32 Å². The summed E-state index contributed by atoms with van der Waals surface area (Å²) in [6.07, 6.45) is 6.40. The van der Waals surface area contributed by atoms with Crippen LogP contribution in [0.4, 0.5) is 0 Å². The van der Waals surface area contributed by atoms with E-state index in [0.29, 0.717) is 5.54 Å². The monoisotopic (exact) mass is 253 g/mol. The zero-order valence-electron chi connectivity index (χ0n) is 10.6. The summed E-state index contributed by atoms with van der Waals surface area (Å²) < 4.78 is 1.79. The number of nitrogens with zero attached hydrogens (tertiary/aromatic N) is 2. The summed E-state index contributed by atoms with van der Waals surface area (Å²) in [5.74, 6) is 0.862. The van der Waals surface area contributed by atoms with Crippen molar-refractivity contribution in [2.45, 2.75) is 44.6 Å². The van der Waals surface area contributed by atoms with E-state index in [2.05, 4.69) is 17.3 Å². The maximum atomic E-state index is 6.35. The highest BCUT2D eigenvalue weighted by Gasteiger charge is 2.47. The molecule has 17 heavy (non-hydrogen) atoms. The standard InChI is InChI=1S/C13H20ClN3/c1-9-11(12(14)17(2)16-9)8-13(10-4-5-10)6-3-7-15-13/h10,15H,3-8H2,1-2H3. The molecule has 1 N–H and O–H groups in total. The SMILES string of the molecule is Cc1nn(C)c(Cl)c1CC1(C2CC2)CCCN1. The van der Waals surface area contributed by atoms with Crippen molar-refractivity contribution in [1.82, 2.24) is 15.1 Å². The third-order valence-electron chi connectivity index (χ3n) is 4.40. The van der Waals surface area contributed by atoms with E-state index < -0.39 is 0 Å². The largest absolute Gasteiger partial charge is 0.311 e. The highest BCUT2D eigenvalue weighted by atomic mass is 35.5. The van der Waals surface area contributed by atoms with Gasteiger partial charge < -0.3 is 5.32 Å². The van der Waals surface area contributed by atoms with Crippen LogP contribution in [-0.2, 0) is 13.5 Å². The van der Waals surface area contributed by atoms with Crippen molar-refractivity contribution >= 4 is 11.6 Å². The highest BCUT2D eigenvalue weighted by molar-refractivity contribution is 6.30. The first kappa shape index (κ1) is 11.5. The Kier molecular flexibility index (Phi) is 2.71. The summed E-state index contributed by atoms with van der Waals surface area (Å²) in [6, 6.07) is 0. The Labute approximate surface area is 108 Å². The van der Waals surface area contributed by atoms with E-state index in [-0.39, 0.29) is 0 Å². The second-order valence-electron chi connectivity index (χ2n) is 5.62. The average Bonchev–Trinajstić information content (AvgIpc) is 3.01. The molecule has 1 aliphatic carbocycles. The molecule has 1 aromatic rings. The normalized spacial score (nSPS) is 28.9. The molecule has 1 aliphatic heterocycles. The van der Waals surface area contributed by atoms with Crippen LogP contribution in [0.1, 0.15) is 36.9 Å². The second-order valence-corrected chi connectivity index (χ2v) is 5.97. The minimum atomic E-state index is 0.317. The molecule has 0 aromatic carbocycles. The fourth-order valence-electron chi connectivity index (χ4n) is 3.30. The Hall–Kier alpha value is -0.540. The van der Waals surface area contributed by atoms with Gasteiger partial charge in [0.1, 0.15) is 5.15 Å². The fourth-order valence-corrected chi connectivity index (χ4v) is 3.54. The number of halogens is 1. The molecule has 0 amide bonds.